The van der Waals surface area contributed by atoms with Crippen LogP contribution in [0.4, 0.5) is 0 Å². The monoisotopic (exact) mass is 88.1 g/mol. The van der Waals surface area contributed by atoms with Crippen molar-refractivity contribution in [3.63, 3.8) is 0 Å². The summed E-state index contributed by atoms with van der Waals surface area (Å²) in [7, 11) is 0. The minimum atomic E-state index is -0.431. The number of rotatable bonds is 1. The van der Waals surface area contributed by atoms with Crippen LogP contribution >= 0.6 is 0 Å². The summed E-state index contributed by atoms with van der Waals surface area (Å²) in [5.41, 5.74) is 9.99. The lowest BCUT2D eigenvalue weighted by atomic mass is 10.4. The van der Waals surface area contributed by atoms with Crippen LogP contribution in [-0.4, -0.2) is 18.9 Å². The zero-order chi connectivity index (χ0) is 4.62. The molecule has 3 nitrogen and oxygen atoms in total. The molecule has 1 rings (SSSR count). The fourth-order valence-electron chi connectivity index (χ4n) is 0.211. The van der Waals surface area contributed by atoms with Gasteiger partial charge in [-0.1, -0.05) is 0 Å². The zero-order valence-corrected chi connectivity index (χ0v) is 3.48. The van der Waals surface area contributed by atoms with Gasteiger partial charge in [0.2, 0.25) is 0 Å². The first-order valence-electron chi connectivity index (χ1n) is 1.90. The van der Waals surface area contributed by atoms with Crippen molar-refractivity contribution in [2.75, 3.05) is 13.2 Å². The largest absolute Gasteiger partial charge is 0.353 e. The normalized spacial score (nSPS) is 43.0. The second-order valence-corrected chi connectivity index (χ2v) is 1.56. The van der Waals surface area contributed by atoms with E-state index in [4.69, 9.17) is 16.2 Å². The maximum atomic E-state index is 5.30. The van der Waals surface area contributed by atoms with Gasteiger partial charge in [-0.05, 0) is 0 Å². The lowest BCUT2D eigenvalue weighted by Gasteiger charge is -1.93. The number of hydrogen-bond acceptors (Lipinski definition) is 3. The van der Waals surface area contributed by atoms with Gasteiger partial charge in [0.15, 0.2) is 5.72 Å². The van der Waals surface area contributed by atoms with Gasteiger partial charge < -0.3 is 16.2 Å². The molecular formula is C3H8N2O. The van der Waals surface area contributed by atoms with E-state index in [0.717, 1.165) is 0 Å². The van der Waals surface area contributed by atoms with Crippen LogP contribution in [0.2, 0.25) is 0 Å². The van der Waals surface area contributed by atoms with Crippen LogP contribution in [0, 0.1) is 0 Å². The van der Waals surface area contributed by atoms with Gasteiger partial charge in [0, 0.05) is 6.54 Å². The summed E-state index contributed by atoms with van der Waals surface area (Å²) in [6.45, 7) is 1.07. The molecule has 0 aromatic rings. The van der Waals surface area contributed by atoms with E-state index in [9.17, 15) is 0 Å². The van der Waals surface area contributed by atoms with Crippen molar-refractivity contribution >= 4 is 0 Å². The fourth-order valence-corrected chi connectivity index (χ4v) is 0.211. The topological polar surface area (TPSA) is 64.6 Å². The van der Waals surface area contributed by atoms with Gasteiger partial charge in [0.05, 0.1) is 6.61 Å². The molecule has 0 bridgehead atoms. The molecule has 0 aromatic heterocycles. The average Bonchev–Trinajstić information content (AvgIpc) is 2.22. The summed E-state index contributed by atoms with van der Waals surface area (Å²) in [4.78, 5) is 0. The number of hydrogen-bond donors (Lipinski definition) is 2. The first-order chi connectivity index (χ1) is 2.77. The Kier molecular flexibility index (Phi) is 0.629. The van der Waals surface area contributed by atoms with Crippen LogP contribution in [0.25, 0.3) is 0 Å². The molecule has 0 unspecified atom stereocenters. The Morgan fingerprint density at radius 2 is 2.33 bits per heavy atom. The molecule has 6 heavy (non-hydrogen) atoms. The fraction of sp³-hybridized carbons (Fsp3) is 1.00. The number of ether oxygens (including phenoxy) is 1. The highest BCUT2D eigenvalue weighted by Gasteiger charge is 2.38. The Balaban J connectivity index is 2.28. The molecule has 0 saturated carbocycles. The molecule has 0 aromatic carbocycles. The maximum absolute atomic E-state index is 5.30. The Morgan fingerprint density at radius 1 is 1.83 bits per heavy atom. The zero-order valence-electron chi connectivity index (χ0n) is 3.48. The number of nitrogens with two attached hydrogens (primary N) is 2. The van der Waals surface area contributed by atoms with Crippen molar-refractivity contribution in [3.8, 4) is 0 Å². The Labute approximate surface area is 36.3 Å². The Bertz CT molecular complexity index is 59.8. The summed E-state index contributed by atoms with van der Waals surface area (Å²) in [6, 6.07) is 0. The third kappa shape index (κ3) is 0.518. The van der Waals surface area contributed by atoms with E-state index in [1.165, 1.54) is 0 Å². The highest BCUT2D eigenvalue weighted by Crippen LogP contribution is 2.15. The van der Waals surface area contributed by atoms with Crippen molar-refractivity contribution in [1.82, 2.24) is 0 Å². The van der Waals surface area contributed by atoms with Crippen LogP contribution in [0.15, 0.2) is 0 Å². The highest BCUT2D eigenvalue weighted by molar-refractivity contribution is 4.85. The van der Waals surface area contributed by atoms with Gasteiger partial charge >= 0.3 is 0 Å². The van der Waals surface area contributed by atoms with E-state index in [0.29, 0.717) is 13.2 Å². The Hall–Kier alpha value is -0.120. The van der Waals surface area contributed by atoms with Gasteiger partial charge in [-0.15, -0.1) is 0 Å². The van der Waals surface area contributed by atoms with E-state index in [1.807, 2.05) is 0 Å². The predicted octanol–water partition coefficient (Wildman–Crippen LogP) is -1.37. The molecule has 1 heterocycles. The van der Waals surface area contributed by atoms with Gasteiger partial charge in [0.25, 0.3) is 0 Å². The van der Waals surface area contributed by atoms with Crippen LogP contribution in [0.3, 0.4) is 0 Å². The van der Waals surface area contributed by atoms with Gasteiger partial charge in [0.1, 0.15) is 0 Å². The second-order valence-electron chi connectivity index (χ2n) is 1.56. The lowest BCUT2D eigenvalue weighted by molar-refractivity contribution is 0.317. The lowest BCUT2D eigenvalue weighted by Crippen LogP contribution is -2.33. The summed E-state index contributed by atoms with van der Waals surface area (Å²) >= 11 is 0. The van der Waals surface area contributed by atoms with Crippen molar-refractivity contribution in [1.29, 1.82) is 0 Å². The molecule has 0 spiro atoms. The van der Waals surface area contributed by atoms with E-state index in [-0.39, 0.29) is 0 Å². The van der Waals surface area contributed by atoms with Crippen LogP contribution in [0.1, 0.15) is 0 Å². The van der Waals surface area contributed by atoms with E-state index in [1.54, 1.807) is 0 Å². The minimum Gasteiger partial charge on any atom is -0.353 e. The Morgan fingerprint density at radius 3 is 2.33 bits per heavy atom. The summed E-state index contributed by atoms with van der Waals surface area (Å²) in [5, 5.41) is 0. The molecule has 36 valence electrons. The molecular weight excluding hydrogens is 80.0 g/mol. The predicted molar refractivity (Wildman–Crippen MR) is 21.9 cm³/mol. The van der Waals surface area contributed by atoms with Gasteiger partial charge in [-0.2, -0.15) is 0 Å². The van der Waals surface area contributed by atoms with Crippen molar-refractivity contribution in [2.24, 2.45) is 11.5 Å². The van der Waals surface area contributed by atoms with Crippen molar-refractivity contribution in [2.45, 2.75) is 5.72 Å². The smallest absolute Gasteiger partial charge is 0.152 e. The molecule has 1 saturated heterocycles. The molecule has 0 amide bonds. The molecule has 3 heteroatoms. The summed E-state index contributed by atoms with van der Waals surface area (Å²) in [6.07, 6.45) is 0. The van der Waals surface area contributed by atoms with E-state index in [2.05, 4.69) is 0 Å². The quantitative estimate of drug-likeness (QED) is 0.389. The highest BCUT2D eigenvalue weighted by atomic mass is 16.6. The molecule has 1 atom stereocenters. The van der Waals surface area contributed by atoms with Crippen LogP contribution in [0.5, 0.6) is 0 Å². The molecule has 0 radical (unpaired) electrons. The van der Waals surface area contributed by atoms with Gasteiger partial charge in [-0.25, -0.2) is 0 Å². The molecule has 1 fully saturated rings. The van der Waals surface area contributed by atoms with Gasteiger partial charge in [-0.3, -0.25) is 0 Å². The second kappa shape index (κ2) is 0.932. The third-order valence-electron chi connectivity index (χ3n) is 0.861. The SMILES string of the molecule is NC[C@@]1(N)CO1. The molecule has 4 N–H and O–H groups in total. The van der Waals surface area contributed by atoms with Crippen molar-refractivity contribution in [3.05, 3.63) is 0 Å². The van der Waals surface area contributed by atoms with Crippen LogP contribution in [-0.2, 0) is 4.74 Å². The van der Waals surface area contributed by atoms with Crippen molar-refractivity contribution < 1.29 is 4.74 Å². The average molecular weight is 88.1 g/mol. The molecule has 0 aliphatic carbocycles. The maximum Gasteiger partial charge on any atom is 0.152 e. The first kappa shape index (κ1) is 4.05. The molecule has 1 aliphatic rings. The van der Waals surface area contributed by atoms with Crippen LogP contribution < -0.4 is 11.5 Å². The molecule has 1 aliphatic heterocycles. The summed E-state index contributed by atoms with van der Waals surface area (Å²) < 4.78 is 4.70. The standard InChI is InChI=1S/C3H8N2O/c4-1-3(5)2-6-3/h1-2,4-5H2/t3-/m0/s1. The third-order valence-corrected chi connectivity index (χ3v) is 0.861. The minimum absolute atomic E-state index is 0.431. The first-order valence-corrected chi connectivity index (χ1v) is 1.90. The number of epoxide rings is 1. The summed E-state index contributed by atoms with van der Waals surface area (Å²) in [5.74, 6) is 0. The van der Waals surface area contributed by atoms with E-state index >= 15 is 0 Å². The van der Waals surface area contributed by atoms with E-state index < -0.39 is 5.72 Å².